The molecule has 21 heavy (non-hydrogen) atoms. The standard InChI is InChI=1S/C16H12ClN3S/c17-10-5-7-11(8-6-10)21-15-9-13(16(18)19)12-3-1-2-4-14(12)20-15/h1-9H,(H3,18,19). The number of nitrogens with one attached hydrogen (secondary N) is 1. The first-order valence-electron chi connectivity index (χ1n) is 6.31. The van der Waals surface area contributed by atoms with Gasteiger partial charge in [-0.15, -0.1) is 0 Å². The third kappa shape index (κ3) is 3.01. The molecule has 3 N–H and O–H groups in total. The first-order valence-corrected chi connectivity index (χ1v) is 7.50. The number of fused-ring (bicyclic) bond motifs is 1. The van der Waals surface area contributed by atoms with Crippen LogP contribution in [0.4, 0.5) is 0 Å². The van der Waals surface area contributed by atoms with Gasteiger partial charge in [0, 0.05) is 20.9 Å². The number of halogens is 1. The zero-order chi connectivity index (χ0) is 14.8. The minimum absolute atomic E-state index is 0.0477. The van der Waals surface area contributed by atoms with Crippen molar-refractivity contribution in [2.24, 2.45) is 5.73 Å². The van der Waals surface area contributed by atoms with Gasteiger partial charge in [-0.1, -0.05) is 41.6 Å². The van der Waals surface area contributed by atoms with Gasteiger partial charge in [0.15, 0.2) is 0 Å². The lowest BCUT2D eigenvalue weighted by Crippen LogP contribution is -2.12. The molecule has 0 aliphatic carbocycles. The van der Waals surface area contributed by atoms with Gasteiger partial charge in [-0.2, -0.15) is 0 Å². The SMILES string of the molecule is N=C(N)c1cc(Sc2ccc(Cl)cc2)nc2ccccc12. The molecule has 5 heteroatoms. The van der Waals surface area contributed by atoms with Gasteiger partial charge in [0.1, 0.15) is 10.9 Å². The minimum atomic E-state index is 0.0477. The number of amidine groups is 1. The lowest BCUT2D eigenvalue weighted by atomic mass is 10.1. The summed E-state index contributed by atoms with van der Waals surface area (Å²) in [5.41, 5.74) is 7.23. The molecule has 0 aliphatic heterocycles. The maximum Gasteiger partial charge on any atom is 0.123 e. The van der Waals surface area contributed by atoms with E-state index in [1.807, 2.05) is 54.6 Å². The predicted molar refractivity (Wildman–Crippen MR) is 88.3 cm³/mol. The number of nitrogen functional groups attached to an aromatic ring is 1. The van der Waals surface area contributed by atoms with Gasteiger partial charge in [-0.25, -0.2) is 4.98 Å². The van der Waals surface area contributed by atoms with E-state index in [1.54, 1.807) is 0 Å². The molecule has 0 spiro atoms. The molecule has 0 saturated heterocycles. The molecule has 0 fully saturated rings. The van der Waals surface area contributed by atoms with Crippen LogP contribution in [0.1, 0.15) is 5.56 Å². The Balaban J connectivity index is 2.06. The Morgan fingerprint density at radius 1 is 1.10 bits per heavy atom. The third-order valence-electron chi connectivity index (χ3n) is 3.02. The topological polar surface area (TPSA) is 62.8 Å². The molecule has 0 bridgehead atoms. The van der Waals surface area contributed by atoms with Gasteiger partial charge >= 0.3 is 0 Å². The molecular formula is C16H12ClN3S. The highest BCUT2D eigenvalue weighted by Crippen LogP contribution is 2.30. The molecule has 104 valence electrons. The van der Waals surface area contributed by atoms with E-state index in [0.29, 0.717) is 10.6 Å². The Labute approximate surface area is 131 Å². The monoisotopic (exact) mass is 313 g/mol. The molecule has 0 unspecified atom stereocenters. The van der Waals surface area contributed by atoms with E-state index in [1.165, 1.54) is 11.8 Å². The van der Waals surface area contributed by atoms with E-state index in [2.05, 4.69) is 4.98 Å². The van der Waals surface area contributed by atoms with Crippen molar-refractivity contribution in [1.82, 2.24) is 4.98 Å². The van der Waals surface area contributed by atoms with Crippen LogP contribution < -0.4 is 5.73 Å². The summed E-state index contributed by atoms with van der Waals surface area (Å²) in [6.07, 6.45) is 0. The van der Waals surface area contributed by atoms with Crippen molar-refractivity contribution < 1.29 is 0 Å². The minimum Gasteiger partial charge on any atom is -0.384 e. The number of aromatic nitrogens is 1. The van der Waals surface area contributed by atoms with Crippen molar-refractivity contribution in [1.29, 1.82) is 5.41 Å². The van der Waals surface area contributed by atoms with Crippen LogP contribution in [-0.4, -0.2) is 10.8 Å². The molecule has 1 aromatic heterocycles. The van der Waals surface area contributed by atoms with Crippen LogP contribution in [0.15, 0.2) is 64.5 Å². The number of hydrogen-bond acceptors (Lipinski definition) is 3. The average Bonchev–Trinajstić information content (AvgIpc) is 2.48. The number of nitrogens with two attached hydrogens (primary N) is 1. The summed E-state index contributed by atoms with van der Waals surface area (Å²) in [7, 11) is 0. The van der Waals surface area contributed by atoms with Crippen LogP contribution >= 0.6 is 23.4 Å². The fourth-order valence-corrected chi connectivity index (χ4v) is 3.01. The third-order valence-corrected chi connectivity index (χ3v) is 4.20. The van der Waals surface area contributed by atoms with Crippen molar-refractivity contribution in [3.8, 4) is 0 Å². The highest BCUT2D eigenvalue weighted by molar-refractivity contribution is 7.99. The van der Waals surface area contributed by atoms with Crippen molar-refractivity contribution >= 4 is 40.1 Å². The Morgan fingerprint density at radius 2 is 1.81 bits per heavy atom. The van der Waals surface area contributed by atoms with Crippen LogP contribution in [0, 0.1) is 5.41 Å². The summed E-state index contributed by atoms with van der Waals surface area (Å²) in [5, 5.41) is 10.1. The second kappa shape index (κ2) is 5.76. The van der Waals surface area contributed by atoms with Crippen LogP contribution in [0.3, 0.4) is 0 Å². The first kappa shape index (κ1) is 13.9. The van der Waals surface area contributed by atoms with Crippen LogP contribution in [0.2, 0.25) is 5.02 Å². The van der Waals surface area contributed by atoms with E-state index < -0.39 is 0 Å². The van der Waals surface area contributed by atoms with Crippen molar-refractivity contribution in [3.05, 3.63) is 65.2 Å². The Hall–Kier alpha value is -2.04. The Morgan fingerprint density at radius 3 is 2.52 bits per heavy atom. The Kier molecular flexibility index (Phi) is 3.82. The predicted octanol–water partition coefficient (Wildman–Crippen LogP) is 4.32. The summed E-state index contributed by atoms with van der Waals surface area (Å²) in [5.74, 6) is 0.0477. The van der Waals surface area contributed by atoms with Crippen molar-refractivity contribution in [2.45, 2.75) is 9.92 Å². The highest BCUT2D eigenvalue weighted by Gasteiger charge is 2.09. The highest BCUT2D eigenvalue weighted by atomic mass is 35.5. The molecule has 0 radical (unpaired) electrons. The van der Waals surface area contributed by atoms with Gasteiger partial charge in [0.2, 0.25) is 0 Å². The van der Waals surface area contributed by atoms with Crippen LogP contribution in [0.25, 0.3) is 10.9 Å². The fourth-order valence-electron chi connectivity index (χ4n) is 2.05. The van der Waals surface area contributed by atoms with Gasteiger partial charge in [0.25, 0.3) is 0 Å². The molecule has 0 atom stereocenters. The fraction of sp³-hybridized carbons (Fsp3) is 0. The average molecular weight is 314 g/mol. The second-order valence-electron chi connectivity index (χ2n) is 4.49. The normalized spacial score (nSPS) is 10.7. The molecule has 0 amide bonds. The summed E-state index contributed by atoms with van der Waals surface area (Å²) in [4.78, 5) is 5.65. The molecule has 2 aromatic carbocycles. The van der Waals surface area contributed by atoms with Crippen molar-refractivity contribution in [3.63, 3.8) is 0 Å². The first-order chi connectivity index (χ1) is 10.1. The maximum atomic E-state index is 7.75. The van der Waals surface area contributed by atoms with E-state index in [4.69, 9.17) is 22.7 Å². The summed E-state index contributed by atoms with van der Waals surface area (Å²) in [6, 6.07) is 17.1. The lowest BCUT2D eigenvalue weighted by molar-refractivity contribution is 1.18. The maximum absolute atomic E-state index is 7.75. The summed E-state index contributed by atoms with van der Waals surface area (Å²) in [6.45, 7) is 0. The quantitative estimate of drug-likeness (QED) is 0.559. The zero-order valence-corrected chi connectivity index (χ0v) is 12.6. The molecule has 1 heterocycles. The van der Waals surface area contributed by atoms with Gasteiger partial charge in [0.05, 0.1) is 5.52 Å². The number of nitrogens with zero attached hydrogens (tertiary/aromatic N) is 1. The van der Waals surface area contributed by atoms with Crippen LogP contribution in [0.5, 0.6) is 0 Å². The molecule has 0 aliphatic rings. The van der Waals surface area contributed by atoms with Gasteiger partial charge in [-0.3, -0.25) is 5.41 Å². The largest absolute Gasteiger partial charge is 0.384 e. The van der Waals surface area contributed by atoms with Gasteiger partial charge < -0.3 is 5.73 Å². The van der Waals surface area contributed by atoms with E-state index in [-0.39, 0.29) is 5.84 Å². The van der Waals surface area contributed by atoms with E-state index in [9.17, 15) is 0 Å². The number of hydrogen-bond donors (Lipinski definition) is 2. The van der Waals surface area contributed by atoms with E-state index >= 15 is 0 Å². The number of pyridine rings is 1. The Bertz CT molecular complexity index is 815. The lowest BCUT2D eigenvalue weighted by Gasteiger charge is -2.08. The second-order valence-corrected chi connectivity index (χ2v) is 6.03. The van der Waals surface area contributed by atoms with Gasteiger partial charge in [-0.05, 0) is 36.4 Å². The number of para-hydroxylation sites is 1. The summed E-state index contributed by atoms with van der Waals surface area (Å²) < 4.78 is 0. The molecule has 3 rings (SSSR count). The number of rotatable bonds is 3. The molecule has 0 saturated carbocycles. The summed E-state index contributed by atoms with van der Waals surface area (Å²) >= 11 is 7.41. The smallest absolute Gasteiger partial charge is 0.123 e. The van der Waals surface area contributed by atoms with Crippen LogP contribution in [-0.2, 0) is 0 Å². The number of benzene rings is 2. The van der Waals surface area contributed by atoms with E-state index in [0.717, 1.165) is 20.8 Å². The van der Waals surface area contributed by atoms with Crippen molar-refractivity contribution in [2.75, 3.05) is 0 Å². The molecule has 3 aromatic rings. The zero-order valence-electron chi connectivity index (χ0n) is 11.0. The molecule has 3 nitrogen and oxygen atoms in total. The molecular weight excluding hydrogens is 302 g/mol.